The van der Waals surface area contributed by atoms with Gasteiger partial charge in [0.25, 0.3) is 0 Å². The number of hydrogen-bond donors (Lipinski definition) is 0. The van der Waals surface area contributed by atoms with Crippen LogP contribution in [0.15, 0.2) is 72.8 Å². The van der Waals surface area contributed by atoms with Crippen LogP contribution in [0.2, 0.25) is 0 Å². The van der Waals surface area contributed by atoms with Crippen LogP contribution in [0.5, 0.6) is 0 Å². The molecule has 0 bridgehead atoms. The van der Waals surface area contributed by atoms with E-state index >= 15 is 0 Å². The summed E-state index contributed by atoms with van der Waals surface area (Å²) in [6, 6.07) is 20.6. The molecule has 0 radical (unpaired) electrons. The van der Waals surface area contributed by atoms with Gasteiger partial charge in [-0.2, -0.15) is 0 Å². The maximum Gasteiger partial charge on any atom is 0.142 e. The van der Waals surface area contributed by atoms with Gasteiger partial charge in [0.15, 0.2) is 0 Å². The Hall–Kier alpha value is -3.33. The lowest BCUT2D eigenvalue weighted by Gasteiger charge is -2.24. The Labute approximate surface area is 187 Å². The van der Waals surface area contributed by atoms with Gasteiger partial charge in [-0.05, 0) is 50.0 Å². The van der Waals surface area contributed by atoms with Gasteiger partial charge < -0.3 is 9.13 Å². The number of para-hydroxylation sites is 2. The van der Waals surface area contributed by atoms with Gasteiger partial charge in [0.05, 0.1) is 22.1 Å². The van der Waals surface area contributed by atoms with E-state index in [1.807, 2.05) is 0 Å². The monoisotopic (exact) mass is 417 g/mol. The van der Waals surface area contributed by atoms with Crippen LogP contribution in [0.1, 0.15) is 51.0 Å². The minimum Gasteiger partial charge on any atom is -0.322 e. The normalized spacial score (nSPS) is 17.7. The van der Waals surface area contributed by atoms with Crippen LogP contribution in [0, 0.1) is 0 Å². The summed E-state index contributed by atoms with van der Waals surface area (Å²) in [7, 11) is 0. The highest BCUT2D eigenvalue weighted by molar-refractivity contribution is 6.15. The van der Waals surface area contributed by atoms with Crippen molar-refractivity contribution in [3.63, 3.8) is 0 Å². The Morgan fingerprint density at radius 3 is 2.38 bits per heavy atom. The number of hydrogen-bond acceptors (Lipinski definition) is 1. The molecule has 2 aliphatic rings. The zero-order valence-corrected chi connectivity index (χ0v) is 18.3. The van der Waals surface area contributed by atoms with Crippen molar-refractivity contribution in [2.75, 3.05) is 0 Å². The number of benzene rings is 2. The first-order chi connectivity index (χ1) is 15.9. The maximum atomic E-state index is 5.43. The molecular formula is C29H27N3. The Bertz CT molecular complexity index is 1550. The van der Waals surface area contributed by atoms with Crippen molar-refractivity contribution in [2.45, 2.75) is 51.0 Å². The molecule has 3 nitrogen and oxygen atoms in total. The molecule has 0 unspecified atom stereocenters. The van der Waals surface area contributed by atoms with E-state index in [0.717, 1.165) is 24.0 Å². The van der Waals surface area contributed by atoms with Gasteiger partial charge in [0, 0.05) is 27.9 Å². The Balaban J connectivity index is 1.62. The van der Waals surface area contributed by atoms with Gasteiger partial charge in [-0.1, -0.05) is 67.8 Å². The molecule has 2 aliphatic carbocycles. The van der Waals surface area contributed by atoms with E-state index < -0.39 is 0 Å². The van der Waals surface area contributed by atoms with Crippen molar-refractivity contribution in [1.29, 1.82) is 0 Å². The number of rotatable bonds is 2. The van der Waals surface area contributed by atoms with Crippen LogP contribution in [0.4, 0.5) is 0 Å². The largest absolute Gasteiger partial charge is 0.322 e. The minimum absolute atomic E-state index is 0.552. The average molecular weight is 418 g/mol. The highest BCUT2D eigenvalue weighted by atomic mass is 15.1. The van der Waals surface area contributed by atoms with Crippen molar-refractivity contribution in [3.05, 3.63) is 72.8 Å². The quantitative estimate of drug-likeness (QED) is 0.285. The molecule has 0 spiro atoms. The molecule has 0 atom stereocenters. The van der Waals surface area contributed by atoms with Crippen LogP contribution in [-0.4, -0.2) is 14.1 Å². The molecule has 0 aliphatic heterocycles. The van der Waals surface area contributed by atoms with Crippen LogP contribution in [0.25, 0.3) is 49.6 Å². The highest BCUT2D eigenvalue weighted by Crippen LogP contribution is 2.40. The first kappa shape index (κ1) is 18.3. The number of pyridine rings is 1. The van der Waals surface area contributed by atoms with E-state index in [4.69, 9.17) is 4.98 Å². The molecule has 3 heterocycles. The van der Waals surface area contributed by atoms with Crippen molar-refractivity contribution < 1.29 is 0 Å². The molecule has 3 heteroatoms. The number of aromatic nitrogens is 3. The molecule has 3 aromatic heterocycles. The molecule has 32 heavy (non-hydrogen) atoms. The Morgan fingerprint density at radius 1 is 0.781 bits per heavy atom. The third-order valence-electron chi connectivity index (χ3n) is 7.52. The van der Waals surface area contributed by atoms with E-state index in [1.165, 1.54) is 70.5 Å². The number of allylic oxidation sites excluding steroid dienone is 4. The zero-order valence-electron chi connectivity index (χ0n) is 18.3. The van der Waals surface area contributed by atoms with E-state index in [0.29, 0.717) is 6.04 Å². The third-order valence-corrected chi connectivity index (χ3v) is 7.52. The Kier molecular flexibility index (Phi) is 4.05. The fraction of sp³-hybridized carbons (Fsp3) is 0.276. The summed E-state index contributed by atoms with van der Waals surface area (Å²) in [6.45, 7) is 0. The van der Waals surface area contributed by atoms with Gasteiger partial charge in [0.1, 0.15) is 5.65 Å². The molecule has 2 aromatic carbocycles. The van der Waals surface area contributed by atoms with E-state index in [2.05, 4.69) is 82.0 Å². The summed E-state index contributed by atoms with van der Waals surface area (Å²) in [5.41, 5.74) is 7.47. The molecule has 5 aromatic rings. The van der Waals surface area contributed by atoms with Crippen LogP contribution in [0.3, 0.4) is 0 Å². The minimum atomic E-state index is 0.552. The summed E-state index contributed by atoms with van der Waals surface area (Å²) < 4.78 is 5.02. The van der Waals surface area contributed by atoms with Crippen LogP contribution in [-0.2, 0) is 0 Å². The predicted molar refractivity (Wildman–Crippen MR) is 135 cm³/mol. The molecular weight excluding hydrogens is 390 g/mol. The number of fused-ring (bicyclic) bond motifs is 6. The second-order valence-corrected chi connectivity index (χ2v) is 9.38. The van der Waals surface area contributed by atoms with E-state index in [-0.39, 0.29) is 0 Å². The van der Waals surface area contributed by atoms with Crippen molar-refractivity contribution in [2.24, 2.45) is 0 Å². The molecule has 158 valence electrons. The van der Waals surface area contributed by atoms with Crippen molar-refractivity contribution >= 4 is 49.6 Å². The smallest absolute Gasteiger partial charge is 0.142 e. The van der Waals surface area contributed by atoms with Crippen molar-refractivity contribution in [1.82, 2.24) is 14.1 Å². The first-order valence-electron chi connectivity index (χ1n) is 12.1. The van der Waals surface area contributed by atoms with E-state index in [1.54, 1.807) is 0 Å². The van der Waals surface area contributed by atoms with Gasteiger partial charge in [-0.15, -0.1) is 0 Å². The third kappa shape index (κ3) is 2.57. The molecule has 0 N–H and O–H groups in total. The molecule has 1 fully saturated rings. The van der Waals surface area contributed by atoms with Crippen molar-refractivity contribution in [3.8, 4) is 0 Å². The topological polar surface area (TPSA) is 22.8 Å². The summed E-state index contributed by atoms with van der Waals surface area (Å²) in [5, 5.41) is 3.87. The number of nitrogens with zero attached hydrogens (tertiary/aromatic N) is 3. The lowest BCUT2D eigenvalue weighted by molar-refractivity contribution is 0.366. The zero-order chi connectivity index (χ0) is 21.1. The standard InChI is InChI=1S/C29H27N3/c1-3-11-20(12-4-1)31-26-18-10-8-16-23(26)28-27(31)19-24-22-15-7-9-17-25(22)32(29(24)30-28)21-13-5-2-6-14-21/h1,3,7-11,15-19,21H,2,4-6,12-14H2. The maximum absolute atomic E-state index is 5.43. The first-order valence-corrected chi connectivity index (χ1v) is 12.1. The Morgan fingerprint density at radius 2 is 1.56 bits per heavy atom. The lowest BCUT2D eigenvalue weighted by Crippen LogP contribution is -2.13. The fourth-order valence-electron chi connectivity index (χ4n) is 6.06. The van der Waals surface area contributed by atoms with Gasteiger partial charge in [0.2, 0.25) is 0 Å². The van der Waals surface area contributed by atoms with Gasteiger partial charge in [-0.25, -0.2) is 4.98 Å². The predicted octanol–water partition coefficient (Wildman–Crippen LogP) is 7.99. The molecule has 1 saturated carbocycles. The van der Waals surface area contributed by atoms with Crippen LogP contribution < -0.4 is 0 Å². The van der Waals surface area contributed by atoms with Gasteiger partial charge in [-0.3, -0.25) is 0 Å². The van der Waals surface area contributed by atoms with Gasteiger partial charge >= 0.3 is 0 Å². The summed E-state index contributed by atoms with van der Waals surface area (Å²) in [6.07, 6.45) is 15.4. The highest BCUT2D eigenvalue weighted by Gasteiger charge is 2.23. The summed E-state index contributed by atoms with van der Waals surface area (Å²) in [4.78, 5) is 5.43. The van der Waals surface area contributed by atoms with E-state index in [9.17, 15) is 0 Å². The molecule has 0 saturated heterocycles. The SMILES string of the molecule is C1=CCCC(n2c3ccccc3c3nc4c(cc32)c2ccccc2n4C2CCCCC2)=C1. The fourth-order valence-corrected chi connectivity index (χ4v) is 6.06. The average Bonchev–Trinajstić information content (AvgIpc) is 3.36. The summed E-state index contributed by atoms with van der Waals surface area (Å²) >= 11 is 0. The van der Waals surface area contributed by atoms with Crippen LogP contribution >= 0.6 is 0 Å². The molecule has 7 rings (SSSR count). The summed E-state index contributed by atoms with van der Waals surface area (Å²) in [5.74, 6) is 0. The lowest BCUT2D eigenvalue weighted by atomic mass is 9.95. The second-order valence-electron chi connectivity index (χ2n) is 9.38. The second kappa shape index (κ2) is 7.09. The molecule has 0 amide bonds.